The number of esters is 1. The zero-order chi connectivity index (χ0) is 26.4. The largest absolute Gasteiger partial charge is 0.506 e. The number of halogens is 6. The van der Waals surface area contributed by atoms with Crippen LogP contribution in [-0.2, 0) is 9.53 Å². The maximum Gasteiger partial charge on any atom is 0.434 e. The molecular weight excluding hydrogens is 653 g/mol. The quantitative estimate of drug-likeness (QED) is 0.388. The first-order valence-electron chi connectivity index (χ1n) is 10.2. The lowest BCUT2D eigenvalue weighted by Gasteiger charge is -2.26. The number of hydrogen-bond acceptors (Lipinski definition) is 6. The summed E-state index contributed by atoms with van der Waals surface area (Å²) < 4.78 is 49.3. The highest BCUT2D eigenvalue weighted by Crippen LogP contribution is 2.38. The number of allylic oxidation sites excluding steroid dienone is 1. The molecule has 0 amide bonds. The summed E-state index contributed by atoms with van der Waals surface area (Å²) in [5.74, 6) is -1.40. The van der Waals surface area contributed by atoms with E-state index in [4.69, 9.17) is 16.3 Å². The van der Waals surface area contributed by atoms with E-state index in [1.165, 1.54) is 37.3 Å². The first-order valence-corrected chi connectivity index (χ1v) is 12.9. The summed E-state index contributed by atoms with van der Waals surface area (Å²) in [6.45, 7) is 1.28. The van der Waals surface area contributed by atoms with Gasteiger partial charge in [-0.15, -0.1) is 0 Å². The molecule has 36 heavy (non-hydrogen) atoms. The van der Waals surface area contributed by atoms with Gasteiger partial charge in [0.05, 0.1) is 27.2 Å². The van der Waals surface area contributed by atoms with Crippen LogP contribution in [0.4, 0.5) is 13.2 Å². The minimum Gasteiger partial charge on any atom is -0.506 e. The van der Waals surface area contributed by atoms with Crippen LogP contribution in [0.1, 0.15) is 24.1 Å². The molecule has 0 fully saturated rings. The van der Waals surface area contributed by atoms with Crippen LogP contribution in [-0.4, -0.2) is 28.4 Å². The molecule has 1 aliphatic rings. The van der Waals surface area contributed by atoms with Gasteiger partial charge in [0, 0.05) is 15.1 Å². The van der Waals surface area contributed by atoms with E-state index < -0.39 is 35.0 Å². The van der Waals surface area contributed by atoms with Crippen LogP contribution >= 0.6 is 54.8 Å². The number of fused-ring (bicyclic) bond motifs is 1. The van der Waals surface area contributed by atoms with Crippen LogP contribution in [0.2, 0.25) is 5.02 Å². The Morgan fingerprint density at radius 1 is 1.28 bits per heavy atom. The molecule has 4 rings (SSSR count). The van der Waals surface area contributed by atoms with E-state index in [1.807, 2.05) is 0 Å². The van der Waals surface area contributed by atoms with Crippen molar-refractivity contribution < 1.29 is 27.8 Å². The number of phenols is 1. The Hall–Kier alpha value is -2.41. The van der Waals surface area contributed by atoms with E-state index in [-0.39, 0.29) is 32.8 Å². The summed E-state index contributed by atoms with van der Waals surface area (Å²) in [6, 6.07) is 7.41. The van der Waals surface area contributed by atoms with Crippen molar-refractivity contribution in [3.05, 3.63) is 92.5 Å². The SMILES string of the molecule is CCOC(=O)C1=C(C(F)(F)F)N=c2s/c(=C\c3cc(Br)cc(Br)c3O)c(=O)n2[C@@H]1c1ccc(Cl)cc1. The zero-order valence-corrected chi connectivity index (χ0v) is 22.8. The van der Waals surface area contributed by atoms with Gasteiger partial charge in [0.15, 0.2) is 10.5 Å². The second kappa shape index (κ2) is 10.2. The molecule has 188 valence electrons. The maximum absolute atomic E-state index is 14.1. The Morgan fingerprint density at radius 2 is 1.94 bits per heavy atom. The molecular formula is C23H14Br2ClF3N2O4S. The van der Waals surface area contributed by atoms with Crippen molar-refractivity contribution in [2.24, 2.45) is 4.99 Å². The number of rotatable bonds is 4. The number of thiazole rings is 1. The van der Waals surface area contributed by atoms with E-state index in [0.29, 0.717) is 25.3 Å². The van der Waals surface area contributed by atoms with Gasteiger partial charge >= 0.3 is 12.1 Å². The number of alkyl halides is 3. The van der Waals surface area contributed by atoms with Gasteiger partial charge in [0.2, 0.25) is 0 Å². The maximum atomic E-state index is 14.1. The van der Waals surface area contributed by atoms with E-state index in [1.54, 1.807) is 12.1 Å². The fourth-order valence-corrected chi connectivity index (χ4v) is 6.01. The molecule has 1 N–H and O–H groups in total. The van der Waals surface area contributed by atoms with Crippen LogP contribution in [0.5, 0.6) is 5.75 Å². The summed E-state index contributed by atoms with van der Waals surface area (Å²) >= 11 is 13.2. The molecule has 0 saturated carbocycles. The monoisotopic (exact) mass is 664 g/mol. The Morgan fingerprint density at radius 3 is 2.56 bits per heavy atom. The van der Waals surface area contributed by atoms with E-state index in [2.05, 4.69) is 36.9 Å². The molecule has 1 atom stereocenters. The van der Waals surface area contributed by atoms with E-state index in [0.717, 1.165) is 4.57 Å². The molecule has 0 radical (unpaired) electrons. The Labute approximate surface area is 227 Å². The molecule has 0 bridgehead atoms. The predicted octanol–water partition coefficient (Wildman–Crippen LogP) is 5.22. The summed E-state index contributed by atoms with van der Waals surface area (Å²) in [6.07, 6.45) is -3.66. The van der Waals surface area contributed by atoms with Gasteiger partial charge in [-0.3, -0.25) is 9.36 Å². The minimum absolute atomic E-state index is 0.000327. The molecule has 6 nitrogen and oxygen atoms in total. The molecule has 13 heteroatoms. The summed E-state index contributed by atoms with van der Waals surface area (Å²) in [4.78, 5) is 29.8. The lowest BCUT2D eigenvalue weighted by atomic mass is 9.95. The second-order valence-corrected chi connectivity index (χ2v) is 10.7. The topological polar surface area (TPSA) is 80.9 Å². The summed E-state index contributed by atoms with van der Waals surface area (Å²) in [7, 11) is 0. The number of carbonyl (C=O) groups excluding carboxylic acids is 1. The molecule has 1 aliphatic heterocycles. The highest BCUT2D eigenvalue weighted by molar-refractivity contribution is 9.11. The third-order valence-corrected chi connectivity index (χ3v) is 7.42. The molecule has 0 unspecified atom stereocenters. The second-order valence-electron chi connectivity index (χ2n) is 7.44. The number of ether oxygens (including phenoxy) is 1. The van der Waals surface area contributed by atoms with Crippen LogP contribution < -0.4 is 14.9 Å². The summed E-state index contributed by atoms with van der Waals surface area (Å²) in [5, 5.41) is 10.7. The Kier molecular flexibility index (Phi) is 7.52. The van der Waals surface area contributed by atoms with Gasteiger partial charge in [-0.25, -0.2) is 9.79 Å². The van der Waals surface area contributed by atoms with Crippen molar-refractivity contribution in [2.75, 3.05) is 6.61 Å². The van der Waals surface area contributed by atoms with Gasteiger partial charge in [0.25, 0.3) is 5.56 Å². The number of nitrogens with zero attached hydrogens (tertiary/aromatic N) is 2. The van der Waals surface area contributed by atoms with Gasteiger partial charge in [-0.1, -0.05) is 51.0 Å². The van der Waals surface area contributed by atoms with Crippen LogP contribution in [0.15, 0.2) is 66.4 Å². The van der Waals surface area contributed by atoms with Gasteiger partial charge in [0.1, 0.15) is 5.75 Å². The number of hydrogen-bond donors (Lipinski definition) is 1. The van der Waals surface area contributed by atoms with Crippen LogP contribution in [0.3, 0.4) is 0 Å². The van der Waals surface area contributed by atoms with Crippen molar-refractivity contribution in [1.82, 2.24) is 4.57 Å². The lowest BCUT2D eigenvalue weighted by molar-refractivity contribution is -0.140. The molecule has 2 heterocycles. The lowest BCUT2D eigenvalue weighted by Crippen LogP contribution is -2.41. The first kappa shape index (κ1) is 26.6. The van der Waals surface area contributed by atoms with Crippen molar-refractivity contribution in [3.63, 3.8) is 0 Å². The standard InChI is InChI=1S/C23H14Br2ClF3N2O4S/c1-2-35-21(34)16-17(10-3-5-13(26)6-4-10)31-20(33)15(36-22(31)30-19(16)23(27,28)29)8-11-7-12(24)9-14(25)18(11)32/h3-9,17,32H,2H2,1H3/b15-8-/t17-/m1/s1. The molecule has 0 spiro atoms. The fourth-order valence-electron chi connectivity index (χ4n) is 3.64. The van der Waals surface area contributed by atoms with E-state index in [9.17, 15) is 27.9 Å². The third-order valence-electron chi connectivity index (χ3n) is 5.12. The average molecular weight is 667 g/mol. The van der Waals surface area contributed by atoms with Crippen molar-refractivity contribution >= 4 is 66.8 Å². The smallest absolute Gasteiger partial charge is 0.434 e. The number of phenolic OH excluding ortho intramolecular Hbond substituents is 1. The Bertz CT molecular complexity index is 1580. The van der Waals surface area contributed by atoms with Gasteiger partial charge in [-0.2, -0.15) is 13.2 Å². The minimum atomic E-state index is -5.00. The summed E-state index contributed by atoms with van der Waals surface area (Å²) in [5.41, 5.74) is -2.50. The van der Waals surface area contributed by atoms with Crippen LogP contribution in [0, 0.1) is 0 Å². The number of aromatic nitrogens is 1. The number of carbonyl (C=O) groups is 1. The molecule has 1 aromatic heterocycles. The average Bonchev–Trinajstić information content (AvgIpc) is 3.11. The normalized spacial score (nSPS) is 16.1. The highest BCUT2D eigenvalue weighted by atomic mass is 79.9. The van der Waals surface area contributed by atoms with Crippen molar-refractivity contribution in [3.8, 4) is 5.75 Å². The predicted molar refractivity (Wildman–Crippen MR) is 136 cm³/mol. The van der Waals surface area contributed by atoms with Crippen molar-refractivity contribution in [2.45, 2.75) is 19.1 Å². The highest BCUT2D eigenvalue weighted by Gasteiger charge is 2.45. The Balaban J connectivity index is 2.07. The fraction of sp³-hybridized carbons (Fsp3) is 0.174. The molecule has 2 aromatic carbocycles. The number of aromatic hydroxyl groups is 1. The third kappa shape index (κ3) is 5.04. The van der Waals surface area contributed by atoms with Crippen molar-refractivity contribution in [1.29, 1.82) is 0 Å². The first-order chi connectivity index (χ1) is 16.9. The van der Waals surface area contributed by atoms with Crippen LogP contribution in [0.25, 0.3) is 6.08 Å². The molecule has 0 saturated heterocycles. The van der Waals surface area contributed by atoms with Gasteiger partial charge in [-0.05, 0) is 58.8 Å². The van der Waals surface area contributed by atoms with E-state index >= 15 is 0 Å². The molecule has 3 aromatic rings. The zero-order valence-electron chi connectivity index (χ0n) is 18.1. The number of benzene rings is 2. The molecule has 0 aliphatic carbocycles. The van der Waals surface area contributed by atoms with Gasteiger partial charge < -0.3 is 9.84 Å².